The van der Waals surface area contributed by atoms with Crippen molar-refractivity contribution in [3.05, 3.63) is 64.9 Å². The molecule has 3 N–H and O–H groups in total. The number of anilines is 2. The van der Waals surface area contributed by atoms with Gasteiger partial charge in [-0.05, 0) is 38.4 Å². The highest BCUT2D eigenvalue weighted by Crippen LogP contribution is 2.25. The highest BCUT2D eigenvalue weighted by atomic mass is 16.8. The largest absolute Gasteiger partial charge is 0.733 e. The SMILES string of the molecule is CN(C)CCNC(=O)c1cccc(C(=O)Nc2ccccc2)c1N([O-])O. The van der Waals surface area contributed by atoms with Crippen LogP contribution in [0.4, 0.5) is 11.4 Å². The first-order valence-corrected chi connectivity index (χ1v) is 7.98. The van der Waals surface area contributed by atoms with Crippen molar-refractivity contribution in [3.8, 4) is 0 Å². The summed E-state index contributed by atoms with van der Waals surface area (Å²) in [5.41, 5.74) is -0.0588. The smallest absolute Gasteiger partial charge is 0.257 e. The Morgan fingerprint density at radius 3 is 2.19 bits per heavy atom. The minimum Gasteiger partial charge on any atom is -0.733 e. The second-order valence-electron chi connectivity index (χ2n) is 5.85. The van der Waals surface area contributed by atoms with E-state index in [0.29, 0.717) is 18.8 Å². The second kappa shape index (κ2) is 8.95. The average Bonchev–Trinajstić information content (AvgIpc) is 2.61. The predicted octanol–water partition coefficient (Wildman–Crippen LogP) is 1.92. The Labute approximate surface area is 151 Å². The third kappa shape index (κ3) is 5.03. The molecule has 0 bridgehead atoms. The molecule has 2 amide bonds. The highest BCUT2D eigenvalue weighted by Gasteiger charge is 2.20. The molecule has 0 aliphatic rings. The predicted molar refractivity (Wildman–Crippen MR) is 99.4 cm³/mol. The van der Waals surface area contributed by atoms with Crippen LogP contribution in [-0.2, 0) is 0 Å². The van der Waals surface area contributed by atoms with Gasteiger partial charge < -0.3 is 26.0 Å². The second-order valence-corrected chi connectivity index (χ2v) is 5.85. The van der Waals surface area contributed by atoms with Gasteiger partial charge in [0.1, 0.15) is 0 Å². The maximum Gasteiger partial charge on any atom is 0.257 e. The van der Waals surface area contributed by atoms with Gasteiger partial charge in [-0.1, -0.05) is 24.3 Å². The number of hydrogen-bond donors (Lipinski definition) is 3. The van der Waals surface area contributed by atoms with E-state index in [4.69, 9.17) is 0 Å². The topological polar surface area (TPSA) is 108 Å². The van der Waals surface area contributed by atoms with E-state index < -0.39 is 22.7 Å². The summed E-state index contributed by atoms with van der Waals surface area (Å²) in [7, 11) is 3.72. The lowest BCUT2D eigenvalue weighted by atomic mass is 10.1. The first kappa shape index (κ1) is 19.4. The number of rotatable bonds is 7. The van der Waals surface area contributed by atoms with Gasteiger partial charge in [-0.15, -0.1) is 0 Å². The van der Waals surface area contributed by atoms with Crippen LogP contribution >= 0.6 is 0 Å². The van der Waals surface area contributed by atoms with Crippen LogP contribution in [-0.4, -0.2) is 49.1 Å². The molecule has 138 valence electrons. The molecule has 2 rings (SSSR count). The van der Waals surface area contributed by atoms with E-state index in [9.17, 15) is 20.0 Å². The van der Waals surface area contributed by atoms with Crippen molar-refractivity contribution in [1.82, 2.24) is 10.2 Å². The Balaban J connectivity index is 2.27. The molecule has 0 heterocycles. The minimum absolute atomic E-state index is 0.0815. The summed E-state index contributed by atoms with van der Waals surface area (Å²) in [5, 5.41) is 25.9. The number of benzene rings is 2. The fourth-order valence-electron chi connectivity index (χ4n) is 2.32. The summed E-state index contributed by atoms with van der Waals surface area (Å²) in [6, 6.07) is 12.9. The Morgan fingerprint density at radius 1 is 1.00 bits per heavy atom. The molecule has 26 heavy (non-hydrogen) atoms. The van der Waals surface area contributed by atoms with Crippen molar-refractivity contribution in [2.24, 2.45) is 0 Å². The third-order valence-corrected chi connectivity index (χ3v) is 3.59. The van der Waals surface area contributed by atoms with Crippen LogP contribution in [0.2, 0.25) is 0 Å². The first-order chi connectivity index (χ1) is 12.4. The fraction of sp³-hybridized carbons (Fsp3) is 0.222. The maximum atomic E-state index is 12.5. The van der Waals surface area contributed by atoms with E-state index in [1.807, 2.05) is 19.0 Å². The molecule has 2 aromatic rings. The Hall–Kier alpha value is -2.94. The van der Waals surface area contributed by atoms with E-state index in [2.05, 4.69) is 10.6 Å². The van der Waals surface area contributed by atoms with E-state index in [0.717, 1.165) is 0 Å². The summed E-state index contributed by atoms with van der Waals surface area (Å²) in [6.45, 7) is 0.964. The van der Waals surface area contributed by atoms with Gasteiger partial charge in [0.15, 0.2) is 0 Å². The van der Waals surface area contributed by atoms with Gasteiger partial charge >= 0.3 is 0 Å². The molecular formula is C18H21N4O4-. The van der Waals surface area contributed by atoms with Crippen molar-refractivity contribution < 1.29 is 14.8 Å². The molecule has 0 saturated heterocycles. The monoisotopic (exact) mass is 357 g/mol. The van der Waals surface area contributed by atoms with Gasteiger partial charge in [0.25, 0.3) is 11.8 Å². The number of nitrogens with one attached hydrogen (secondary N) is 2. The number of carbonyl (C=O) groups is 2. The molecule has 0 saturated carbocycles. The molecule has 0 aromatic heterocycles. The molecule has 0 aliphatic heterocycles. The molecule has 8 nitrogen and oxygen atoms in total. The van der Waals surface area contributed by atoms with Gasteiger partial charge in [0, 0.05) is 18.8 Å². The summed E-state index contributed by atoms with van der Waals surface area (Å²) >= 11 is 0. The number of likely N-dealkylation sites (N-methyl/N-ethyl adjacent to an activating group) is 1. The summed E-state index contributed by atoms with van der Waals surface area (Å²) in [5.74, 6) is -1.16. The van der Waals surface area contributed by atoms with Gasteiger partial charge in [0.2, 0.25) is 0 Å². The van der Waals surface area contributed by atoms with E-state index in [1.54, 1.807) is 30.3 Å². The molecule has 0 aliphatic carbocycles. The summed E-state index contributed by atoms with van der Waals surface area (Å²) < 4.78 is 0. The van der Waals surface area contributed by atoms with Crippen molar-refractivity contribution in [1.29, 1.82) is 0 Å². The molecule has 0 radical (unpaired) electrons. The maximum absolute atomic E-state index is 12.5. The molecular weight excluding hydrogens is 336 g/mol. The number of carbonyl (C=O) groups excluding carboxylic acids is 2. The molecule has 0 atom stereocenters. The molecule has 0 spiro atoms. The first-order valence-electron chi connectivity index (χ1n) is 7.98. The van der Waals surface area contributed by atoms with Crippen molar-refractivity contribution in [3.63, 3.8) is 0 Å². The van der Waals surface area contributed by atoms with Crippen LogP contribution in [0.5, 0.6) is 0 Å². The molecule has 2 aromatic carbocycles. The van der Waals surface area contributed by atoms with E-state index >= 15 is 0 Å². The van der Waals surface area contributed by atoms with Crippen LogP contribution in [0.15, 0.2) is 48.5 Å². The van der Waals surface area contributed by atoms with E-state index in [1.165, 1.54) is 18.2 Å². The van der Waals surface area contributed by atoms with Crippen LogP contribution in [0.3, 0.4) is 0 Å². The molecule has 0 unspecified atom stereocenters. The number of para-hydroxylation sites is 2. The van der Waals surface area contributed by atoms with E-state index in [-0.39, 0.29) is 11.1 Å². The van der Waals surface area contributed by atoms with Crippen LogP contribution < -0.4 is 15.9 Å². The zero-order valence-corrected chi connectivity index (χ0v) is 14.6. The van der Waals surface area contributed by atoms with Crippen LogP contribution in [0.1, 0.15) is 20.7 Å². The van der Waals surface area contributed by atoms with Gasteiger partial charge in [-0.3, -0.25) is 14.8 Å². The lowest BCUT2D eigenvalue weighted by Gasteiger charge is -2.26. The number of amides is 2. The average molecular weight is 357 g/mol. The number of nitrogens with zero attached hydrogens (tertiary/aromatic N) is 2. The highest BCUT2D eigenvalue weighted by molar-refractivity contribution is 6.12. The Kier molecular flexibility index (Phi) is 6.67. The fourth-order valence-corrected chi connectivity index (χ4v) is 2.32. The zero-order chi connectivity index (χ0) is 19.1. The van der Waals surface area contributed by atoms with Crippen molar-refractivity contribution in [2.45, 2.75) is 0 Å². The minimum atomic E-state index is -0.607. The molecule has 8 heteroatoms. The normalized spacial score (nSPS) is 10.5. The van der Waals surface area contributed by atoms with Crippen LogP contribution in [0, 0.1) is 5.21 Å². The van der Waals surface area contributed by atoms with Crippen LogP contribution in [0.25, 0.3) is 0 Å². The summed E-state index contributed by atoms with van der Waals surface area (Å²) in [4.78, 5) is 26.7. The number of hydrogen-bond acceptors (Lipinski definition) is 6. The van der Waals surface area contributed by atoms with Gasteiger partial charge in [0.05, 0.1) is 16.8 Å². The Bertz CT molecular complexity index is 763. The van der Waals surface area contributed by atoms with Crippen molar-refractivity contribution in [2.75, 3.05) is 37.7 Å². The zero-order valence-electron chi connectivity index (χ0n) is 14.6. The standard InChI is InChI=1S/C18H21N4O4/c1-21(2)12-11-19-17(23)14-9-6-10-15(16(14)22(25)26)18(24)20-13-7-4-3-5-8-13/h3-10,25H,11-12H2,1-2H3,(H,19,23)(H,20,24)/q-1. The van der Waals surface area contributed by atoms with Gasteiger partial charge in [-0.25, -0.2) is 0 Å². The lowest BCUT2D eigenvalue weighted by molar-refractivity contribution is 0.0950. The third-order valence-electron chi connectivity index (χ3n) is 3.59. The van der Waals surface area contributed by atoms with Gasteiger partial charge in [-0.2, -0.15) is 0 Å². The van der Waals surface area contributed by atoms with Crippen molar-refractivity contribution >= 4 is 23.2 Å². The lowest BCUT2D eigenvalue weighted by Crippen LogP contribution is -2.32. The quantitative estimate of drug-likeness (QED) is 0.654. The Morgan fingerprint density at radius 2 is 1.62 bits per heavy atom. The summed E-state index contributed by atoms with van der Waals surface area (Å²) in [6.07, 6.45) is 0. The molecule has 0 fully saturated rings.